The number of para-hydroxylation sites is 1. The lowest BCUT2D eigenvalue weighted by Crippen LogP contribution is -2.15. The van der Waals surface area contributed by atoms with Crippen LogP contribution in [0.15, 0.2) is 42.5 Å². The van der Waals surface area contributed by atoms with Gasteiger partial charge in [-0.25, -0.2) is 4.39 Å². The van der Waals surface area contributed by atoms with E-state index in [-0.39, 0.29) is 11.9 Å². The lowest BCUT2D eigenvalue weighted by molar-refractivity contribution is 0.313. The van der Waals surface area contributed by atoms with Gasteiger partial charge in [0.1, 0.15) is 11.6 Å². The average molecular weight is 385 g/mol. The molecule has 1 atom stereocenters. The van der Waals surface area contributed by atoms with Crippen LogP contribution in [0.4, 0.5) is 4.39 Å². The smallest absolute Gasteiger partial charge is 0.124 e. The molecule has 2 N–H and O–H groups in total. The Hall–Kier alpha value is -1.14. The summed E-state index contributed by atoms with van der Waals surface area (Å²) in [5.74, 6) is 0.544. The Bertz CT molecular complexity index is 588. The van der Waals surface area contributed by atoms with Crippen molar-refractivity contribution >= 4 is 22.6 Å². The molecule has 4 heteroatoms. The Kier molecular flexibility index (Phi) is 5.37. The first-order valence-electron chi connectivity index (χ1n) is 6.55. The van der Waals surface area contributed by atoms with Crippen molar-refractivity contribution in [3.63, 3.8) is 0 Å². The predicted octanol–water partition coefficient (Wildman–Crippen LogP) is 4.27. The molecule has 0 saturated heterocycles. The van der Waals surface area contributed by atoms with Gasteiger partial charge in [-0.15, -0.1) is 0 Å². The molecule has 106 valence electrons. The van der Waals surface area contributed by atoms with E-state index >= 15 is 0 Å². The van der Waals surface area contributed by atoms with Crippen LogP contribution in [0.1, 0.15) is 30.5 Å². The van der Waals surface area contributed by atoms with Gasteiger partial charge in [-0.3, -0.25) is 0 Å². The molecule has 0 spiro atoms. The van der Waals surface area contributed by atoms with E-state index < -0.39 is 0 Å². The fourth-order valence-corrected chi connectivity index (χ4v) is 2.81. The van der Waals surface area contributed by atoms with Gasteiger partial charge in [0, 0.05) is 9.13 Å². The monoisotopic (exact) mass is 385 g/mol. The van der Waals surface area contributed by atoms with E-state index in [0.717, 1.165) is 26.9 Å². The van der Waals surface area contributed by atoms with Crippen LogP contribution in [0.25, 0.3) is 0 Å². The van der Waals surface area contributed by atoms with Crippen molar-refractivity contribution in [3.8, 4) is 5.75 Å². The molecule has 2 aromatic carbocycles. The molecule has 2 rings (SSSR count). The number of nitrogens with two attached hydrogens (primary N) is 1. The number of rotatable bonds is 5. The van der Waals surface area contributed by atoms with Crippen molar-refractivity contribution in [1.29, 1.82) is 0 Å². The maximum absolute atomic E-state index is 13.2. The summed E-state index contributed by atoms with van der Waals surface area (Å²) < 4.78 is 19.7. The molecule has 20 heavy (non-hydrogen) atoms. The molecule has 0 saturated carbocycles. The van der Waals surface area contributed by atoms with Crippen molar-refractivity contribution in [3.05, 3.63) is 63.0 Å². The minimum atomic E-state index is -0.324. The second kappa shape index (κ2) is 7.04. The molecular weight excluding hydrogens is 368 g/mol. The summed E-state index contributed by atoms with van der Waals surface area (Å²) in [6.45, 7) is 2.72. The van der Waals surface area contributed by atoms with Crippen LogP contribution in [0, 0.1) is 9.39 Å². The molecule has 2 nitrogen and oxygen atoms in total. The van der Waals surface area contributed by atoms with Crippen molar-refractivity contribution in [2.24, 2.45) is 5.73 Å². The third kappa shape index (κ3) is 3.49. The highest BCUT2D eigenvalue weighted by atomic mass is 127. The fourth-order valence-electron chi connectivity index (χ4n) is 2.00. The van der Waals surface area contributed by atoms with Gasteiger partial charge in [0.2, 0.25) is 0 Å². The van der Waals surface area contributed by atoms with Crippen molar-refractivity contribution in [2.45, 2.75) is 19.4 Å². The number of hydrogen-bond acceptors (Lipinski definition) is 2. The van der Waals surface area contributed by atoms with Crippen LogP contribution in [0.5, 0.6) is 5.75 Å². The number of benzene rings is 2. The first-order chi connectivity index (χ1) is 9.63. The zero-order valence-corrected chi connectivity index (χ0v) is 13.4. The Labute approximate surface area is 132 Å². The molecule has 0 fully saturated rings. The first-order valence-corrected chi connectivity index (χ1v) is 7.63. The minimum Gasteiger partial charge on any atom is -0.493 e. The fraction of sp³-hybridized carbons (Fsp3) is 0.250. The summed E-state index contributed by atoms with van der Waals surface area (Å²) in [7, 11) is 0. The highest BCUT2D eigenvalue weighted by Gasteiger charge is 2.16. The van der Waals surface area contributed by atoms with E-state index in [4.69, 9.17) is 10.5 Å². The predicted molar refractivity (Wildman–Crippen MR) is 87.4 cm³/mol. The van der Waals surface area contributed by atoms with Crippen LogP contribution in [0.2, 0.25) is 0 Å². The molecule has 2 aromatic rings. The Balaban J connectivity index is 2.35. The molecule has 0 aliphatic rings. The summed E-state index contributed by atoms with van der Waals surface area (Å²) in [6, 6.07) is 12.1. The van der Waals surface area contributed by atoms with Crippen LogP contribution < -0.4 is 10.5 Å². The largest absolute Gasteiger partial charge is 0.493 e. The van der Waals surface area contributed by atoms with Gasteiger partial charge in [0.15, 0.2) is 0 Å². The second-order valence-electron chi connectivity index (χ2n) is 4.53. The third-order valence-electron chi connectivity index (χ3n) is 3.01. The normalized spacial score (nSPS) is 12.2. The Morgan fingerprint density at radius 2 is 1.95 bits per heavy atom. The number of hydrogen-bond donors (Lipinski definition) is 1. The Morgan fingerprint density at radius 3 is 2.65 bits per heavy atom. The van der Waals surface area contributed by atoms with E-state index in [1.165, 1.54) is 12.1 Å². The Morgan fingerprint density at radius 1 is 1.20 bits per heavy atom. The number of halogens is 2. The minimum absolute atomic E-state index is 0.249. The van der Waals surface area contributed by atoms with E-state index in [9.17, 15) is 4.39 Å². The quantitative estimate of drug-likeness (QED) is 0.781. The zero-order chi connectivity index (χ0) is 14.5. The van der Waals surface area contributed by atoms with Crippen LogP contribution in [-0.2, 0) is 0 Å². The van der Waals surface area contributed by atoms with Crippen LogP contribution >= 0.6 is 22.6 Å². The maximum atomic E-state index is 13.2. The van der Waals surface area contributed by atoms with Crippen LogP contribution in [-0.4, -0.2) is 6.61 Å². The molecule has 0 heterocycles. The molecule has 0 amide bonds. The summed E-state index contributed by atoms with van der Waals surface area (Å²) in [4.78, 5) is 0. The average Bonchev–Trinajstić information content (AvgIpc) is 2.45. The maximum Gasteiger partial charge on any atom is 0.124 e. The number of ether oxygens (including phenoxy) is 1. The van der Waals surface area contributed by atoms with Gasteiger partial charge in [-0.1, -0.05) is 31.2 Å². The first kappa shape index (κ1) is 15.3. The van der Waals surface area contributed by atoms with E-state index in [2.05, 4.69) is 29.5 Å². The molecule has 0 aliphatic heterocycles. The topological polar surface area (TPSA) is 35.2 Å². The van der Waals surface area contributed by atoms with Crippen LogP contribution in [0.3, 0.4) is 0 Å². The van der Waals surface area contributed by atoms with Gasteiger partial charge >= 0.3 is 0 Å². The molecular formula is C16H17FINO. The van der Waals surface area contributed by atoms with Gasteiger partial charge in [0.25, 0.3) is 0 Å². The molecule has 0 radical (unpaired) electrons. The summed E-state index contributed by atoms with van der Waals surface area (Å²) in [5, 5.41) is 0. The molecule has 0 aliphatic carbocycles. The molecule has 1 unspecified atom stereocenters. The third-order valence-corrected chi connectivity index (χ3v) is 3.95. The lowest BCUT2D eigenvalue weighted by atomic mass is 9.99. The molecule has 0 bridgehead atoms. The van der Waals surface area contributed by atoms with Gasteiger partial charge in [-0.2, -0.15) is 0 Å². The SMILES string of the molecule is CCCOc1ccccc1C(N)c1ccc(F)cc1I. The van der Waals surface area contributed by atoms with Crippen molar-refractivity contribution in [2.75, 3.05) is 6.61 Å². The highest BCUT2D eigenvalue weighted by Crippen LogP contribution is 2.31. The van der Waals surface area contributed by atoms with Gasteiger partial charge in [-0.05, 0) is 52.8 Å². The van der Waals surface area contributed by atoms with Gasteiger partial charge < -0.3 is 10.5 Å². The van der Waals surface area contributed by atoms with E-state index in [0.29, 0.717) is 6.61 Å². The standard InChI is InChI=1S/C16H17FINO/c1-2-9-20-15-6-4-3-5-13(15)16(19)12-8-7-11(17)10-14(12)18/h3-8,10,16H,2,9,19H2,1H3. The van der Waals surface area contributed by atoms with E-state index in [1.54, 1.807) is 6.07 Å². The highest BCUT2D eigenvalue weighted by molar-refractivity contribution is 14.1. The zero-order valence-electron chi connectivity index (χ0n) is 11.3. The van der Waals surface area contributed by atoms with Crippen molar-refractivity contribution < 1.29 is 9.13 Å². The van der Waals surface area contributed by atoms with Gasteiger partial charge in [0.05, 0.1) is 12.6 Å². The summed E-state index contributed by atoms with van der Waals surface area (Å²) >= 11 is 2.11. The molecule has 0 aromatic heterocycles. The summed E-state index contributed by atoms with van der Waals surface area (Å²) in [5.41, 5.74) is 8.16. The second-order valence-corrected chi connectivity index (χ2v) is 5.69. The van der Waals surface area contributed by atoms with Crippen molar-refractivity contribution in [1.82, 2.24) is 0 Å². The lowest BCUT2D eigenvalue weighted by Gasteiger charge is -2.18. The summed E-state index contributed by atoms with van der Waals surface area (Å²) in [6.07, 6.45) is 0.942. The van der Waals surface area contributed by atoms with E-state index in [1.807, 2.05) is 24.3 Å².